The first-order valence-corrected chi connectivity index (χ1v) is 10.4. The maximum Gasteiger partial charge on any atom is 0.261 e. The van der Waals surface area contributed by atoms with Gasteiger partial charge in [0.2, 0.25) is 0 Å². The number of fused-ring (bicyclic) bond motifs is 1. The Balaban J connectivity index is 2.13. The van der Waals surface area contributed by atoms with Crippen molar-refractivity contribution in [1.82, 2.24) is 14.5 Å². The van der Waals surface area contributed by atoms with Gasteiger partial charge in [-0.25, -0.2) is 4.98 Å². The summed E-state index contributed by atoms with van der Waals surface area (Å²) in [6.07, 6.45) is 1.65. The molecule has 0 aliphatic carbocycles. The van der Waals surface area contributed by atoms with Gasteiger partial charge < -0.3 is 4.90 Å². The minimum Gasteiger partial charge on any atom is -0.329 e. The molecule has 0 N–H and O–H groups in total. The SMILES string of the molecule is CCCN(C(=O)c1ccccc1C)C(C)c1nc2ccccc2c(=O)n1CCC. The molecule has 0 fully saturated rings. The molecule has 0 saturated heterocycles. The number of hydrogen-bond donors (Lipinski definition) is 0. The number of nitrogens with zero attached hydrogens (tertiary/aromatic N) is 3. The highest BCUT2D eigenvalue weighted by atomic mass is 16.2. The zero-order chi connectivity index (χ0) is 21.0. The first-order valence-electron chi connectivity index (χ1n) is 10.4. The molecule has 3 rings (SSSR count). The van der Waals surface area contributed by atoms with E-state index < -0.39 is 0 Å². The normalized spacial score (nSPS) is 12.1. The van der Waals surface area contributed by atoms with Crippen molar-refractivity contribution in [1.29, 1.82) is 0 Å². The molecule has 0 radical (unpaired) electrons. The van der Waals surface area contributed by atoms with Gasteiger partial charge >= 0.3 is 0 Å². The highest BCUT2D eigenvalue weighted by molar-refractivity contribution is 5.95. The Labute approximate surface area is 172 Å². The van der Waals surface area contributed by atoms with Crippen molar-refractivity contribution in [3.05, 3.63) is 75.8 Å². The molecule has 1 atom stereocenters. The summed E-state index contributed by atoms with van der Waals surface area (Å²) in [6.45, 7) is 9.19. The van der Waals surface area contributed by atoms with Crippen molar-refractivity contribution in [2.75, 3.05) is 6.54 Å². The van der Waals surface area contributed by atoms with E-state index in [-0.39, 0.29) is 17.5 Å². The summed E-state index contributed by atoms with van der Waals surface area (Å²) in [6, 6.07) is 14.7. The van der Waals surface area contributed by atoms with Gasteiger partial charge in [0.05, 0.1) is 16.9 Å². The third-order valence-corrected chi connectivity index (χ3v) is 5.28. The predicted molar refractivity (Wildman–Crippen MR) is 117 cm³/mol. The lowest BCUT2D eigenvalue weighted by molar-refractivity contribution is 0.0678. The van der Waals surface area contributed by atoms with Gasteiger partial charge in [0.25, 0.3) is 11.5 Å². The van der Waals surface area contributed by atoms with Crippen LogP contribution < -0.4 is 5.56 Å². The molecule has 5 nitrogen and oxygen atoms in total. The van der Waals surface area contributed by atoms with Crippen LogP contribution in [-0.4, -0.2) is 26.9 Å². The van der Waals surface area contributed by atoms with Crippen LogP contribution in [0.2, 0.25) is 0 Å². The lowest BCUT2D eigenvalue weighted by Crippen LogP contribution is -2.38. The molecule has 1 amide bonds. The van der Waals surface area contributed by atoms with Crippen molar-refractivity contribution in [2.45, 2.75) is 53.1 Å². The van der Waals surface area contributed by atoms with Crippen LogP contribution in [0.25, 0.3) is 10.9 Å². The maximum atomic E-state index is 13.4. The molecule has 2 aromatic carbocycles. The van der Waals surface area contributed by atoms with E-state index in [0.29, 0.717) is 35.4 Å². The minimum atomic E-state index is -0.314. The number of para-hydroxylation sites is 1. The summed E-state index contributed by atoms with van der Waals surface area (Å²) in [4.78, 5) is 33.2. The van der Waals surface area contributed by atoms with Gasteiger partial charge in [-0.05, 0) is 50.5 Å². The zero-order valence-electron chi connectivity index (χ0n) is 17.7. The summed E-state index contributed by atoms with van der Waals surface area (Å²) in [5.74, 6) is 0.619. The fourth-order valence-electron chi connectivity index (χ4n) is 3.76. The van der Waals surface area contributed by atoms with Crippen molar-refractivity contribution in [3.63, 3.8) is 0 Å². The number of benzene rings is 2. The second-order valence-corrected chi connectivity index (χ2v) is 7.43. The zero-order valence-corrected chi connectivity index (χ0v) is 17.7. The molecule has 1 aromatic heterocycles. The Morgan fingerprint density at radius 3 is 2.45 bits per heavy atom. The monoisotopic (exact) mass is 391 g/mol. The first kappa shape index (κ1) is 20.8. The Kier molecular flexibility index (Phi) is 6.47. The Morgan fingerprint density at radius 2 is 1.76 bits per heavy atom. The number of carbonyl (C=O) groups is 1. The molecule has 152 valence electrons. The third kappa shape index (κ3) is 4.09. The molecule has 1 unspecified atom stereocenters. The molecule has 29 heavy (non-hydrogen) atoms. The summed E-state index contributed by atoms with van der Waals surface area (Å²) in [7, 11) is 0. The van der Waals surface area contributed by atoms with Gasteiger partial charge in [0, 0.05) is 18.7 Å². The Morgan fingerprint density at radius 1 is 1.07 bits per heavy atom. The predicted octanol–water partition coefficient (Wildman–Crippen LogP) is 4.73. The number of carbonyl (C=O) groups excluding carboxylic acids is 1. The van der Waals surface area contributed by atoms with Gasteiger partial charge in [-0.3, -0.25) is 14.2 Å². The molecule has 0 saturated carbocycles. The molecule has 0 bridgehead atoms. The van der Waals surface area contributed by atoms with Crippen LogP contribution in [0, 0.1) is 6.92 Å². The maximum absolute atomic E-state index is 13.4. The molecule has 0 aliphatic heterocycles. The van der Waals surface area contributed by atoms with E-state index in [1.807, 2.05) is 74.2 Å². The number of aromatic nitrogens is 2. The van der Waals surface area contributed by atoms with Gasteiger partial charge in [-0.2, -0.15) is 0 Å². The van der Waals surface area contributed by atoms with E-state index in [9.17, 15) is 9.59 Å². The molecule has 3 aromatic rings. The molecule has 1 heterocycles. The van der Waals surface area contributed by atoms with Gasteiger partial charge in [0.1, 0.15) is 5.82 Å². The fourth-order valence-corrected chi connectivity index (χ4v) is 3.76. The van der Waals surface area contributed by atoms with E-state index in [0.717, 1.165) is 18.4 Å². The smallest absolute Gasteiger partial charge is 0.261 e. The second kappa shape index (κ2) is 9.03. The van der Waals surface area contributed by atoms with E-state index in [2.05, 4.69) is 6.92 Å². The van der Waals surface area contributed by atoms with Crippen molar-refractivity contribution < 1.29 is 4.79 Å². The number of rotatable bonds is 7. The van der Waals surface area contributed by atoms with Gasteiger partial charge in [-0.1, -0.05) is 44.2 Å². The van der Waals surface area contributed by atoms with Crippen LogP contribution in [0.5, 0.6) is 0 Å². The minimum absolute atomic E-state index is 0.0251. The van der Waals surface area contributed by atoms with E-state index in [1.54, 1.807) is 4.57 Å². The van der Waals surface area contributed by atoms with E-state index in [1.165, 1.54) is 0 Å². The van der Waals surface area contributed by atoms with Gasteiger partial charge in [0.15, 0.2) is 0 Å². The largest absolute Gasteiger partial charge is 0.329 e. The number of aryl methyl sites for hydroxylation is 1. The molecule has 5 heteroatoms. The summed E-state index contributed by atoms with van der Waals surface area (Å²) >= 11 is 0. The lowest BCUT2D eigenvalue weighted by atomic mass is 10.1. The molecule has 0 aliphatic rings. The summed E-state index contributed by atoms with van der Waals surface area (Å²) in [5.41, 5.74) is 2.27. The number of hydrogen-bond acceptors (Lipinski definition) is 3. The third-order valence-electron chi connectivity index (χ3n) is 5.28. The highest BCUT2D eigenvalue weighted by Crippen LogP contribution is 2.24. The van der Waals surface area contributed by atoms with E-state index >= 15 is 0 Å². The fraction of sp³-hybridized carbons (Fsp3) is 0.375. The van der Waals surface area contributed by atoms with Crippen LogP contribution in [0.4, 0.5) is 0 Å². The van der Waals surface area contributed by atoms with Crippen LogP contribution in [-0.2, 0) is 6.54 Å². The van der Waals surface area contributed by atoms with E-state index in [4.69, 9.17) is 4.98 Å². The van der Waals surface area contributed by atoms with Crippen LogP contribution in [0.1, 0.15) is 61.4 Å². The topological polar surface area (TPSA) is 55.2 Å². The van der Waals surface area contributed by atoms with Crippen molar-refractivity contribution in [2.24, 2.45) is 0 Å². The quantitative estimate of drug-likeness (QED) is 0.585. The highest BCUT2D eigenvalue weighted by Gasteiger charge is 2.27. The Hall–Kier alpha value is -2.95. The van der Waals surface area contributed by atoms with Crippen LogP contribution in [0.15, 0.2) is 53.3 Å². The summed E-state index contributed by atoms with van der Waals surface area (Å²) < 4.78 is 1.74. The molecular formula is C24H29N3O2. The van der Waals surface area contributed by atoms with Crippen molar-refractivity contribution >= 4 is 16.8 Å². The lowest BCUT2D eigenvalue weighted by Gasteiger charge is -2.31. The average Bonchev–Trinajstić information content (AvgIpc) is 2.73. The molecule has 0 spiro atoms. The average molecular weight is 392 g/mol. The molecular weight excluding hydrogens is 362 g/mol. The standard InChI is InChI=1S/C24H29N3O2/c1-5-15-26(23(28)19-12-8-7-11-17(19)3)18(4)22-25-21-14-10-9-13-20(21)24(29)27(22)16-6-2/h7-14,18H,5-6,15-16H2,1-4H3. The number of amides is 1. The first-order chi connectivity index (χ1) is 14.0. The van der Waals surface area contributed by atoms with Crippen LogP contribution in [0.3, 0.4) is 0 Å². The second-order valence-electron chi connectivity index (χ2n) is 7.43. The Bertz CT molecular complexity index is 1070. The van der Waals surface area contributed by atoms with Gasteiger partial charge in [-0.15, -0.1) is 0 Å². The van der Waals surface area contributed by atoms with Crippen LogP contribution >= 0.6 is 0 Å². The summed E-state index contributed by atoms with van der Waals surface area (Å²) in [5, 5.41) is 0.615. The van der Waals surface area contributed by atoms with Crippen molar-refractivity contribution in [3.8, 4) is 0 Å².